The fraction of sp³-hybridized carbons (Fsp3) is 0.305. The molecule has 750 valence electrons. The molecule has 7 amide bonds. The Morgan fingerprint density at radius 1 is 0.404 bits per heavy atom. The van der Waals surface area contributed by atoms with E-state index in [1.165, 1.54) is 23.0 Å². The van der Waals surface area contributed by atoms with Gasteiger partial charge in [0.2, 0.25) is 0 Å². The quantitative estimate of drug-likeness (QED) is 0.0262. The first-order valence-electron chi connectivity index (χ1n) is 48.7. The number of hydrogen-bond acceptors (Lipinski definition) is 31. The first-order valence-corrected chi connectivity index (χ1v) is 49.1. The molecule has 22 rings (SSSR count). The number of para-hydroxylation sites is 2. The van der Waals surface area contributed by atoms with Gasteiger partial charge in [0.05, 0.1) is 122 Å². The molecule has 4 aromatic carbocycles. The fourth-order valence-corrected chi connectivity index (χ4v) is 19.0. The summed E-state index contributed by atoms with van der Waals surface area (Å²) in [6.07, 6.45) is 11.8. The van der Waals surface area contributed by atoms with Crippen LogP contribution in [-0.4, -0.2) is 290 Å². The number of rotatable bonds is 24. The third kappa shape index (κ3) is 23.1. The summed E-state index contributed by atoms with van der Waals surface area (Å²) in [6.45, 7) is 24.2. The predicted octanol–water partition coefficient (Wildman–Crippen LogP) is 8.62. The standard InChI is InChI=1S/C29H33N7O4.C28H32N8O3.C25H24N6O4.C23H21ClN6O2/c37-28(33-25-19-31-7-6-26(25)35-10-8-30-9-11-35)24-2-1-3-27(32-24)36-20-21-18-22(4-5-23(21)29(36)38)40-17-14-34-12-15-39-16-13-34;37-27(32-22-20-30-9-8-23(22)34-12-10-29-11-13-34)21-4-3-7-26(31-21)36-25-6-2-1-5-24(25)35(28(36)38)15-14-33-16-18-39-19-17-33;1-35-25(34)16-5-6-17-15-31(24(33)18(17)13-16)22-4-2-3-19(28-22)23(32)29-20-14-27-8-7-21(20)30-11-9-26-10-12-30;24-18-4-1-3-16-17(18)14-30(23(16)32)21-6-2-5-19(27-21)22(31)28-20-13-15(7-8-26-20)29-11-9-25-10-12-29/h1-7,18-19,30H,8-17,20H2,(H,33,37);1-9,20,29H,10-19H2,(H,32,37);2-8,13-14,26H,9-12,15H2,1H3,(H,29,32);1-8,13,25H,9-12,14H2,(H,26,28,31). The number of carbonyl (C=O) groups is 8. The zero-order chi connectivity index (χ0) is 100. The van der Waals surface area contributed by atoms with Crippen LogP contribution < -0.4 is 87.3 Å². The van der Waals surface area contributed by atoms with Crippen LogP contribution in [0.2, 0.25) is 5.02 Å². The van der Waals surface area contributed by atoms with E-state index >= 15 is 0 Å². The minimum absolute atomic E-state index is 0.145. The highest BCUT2D eigenvalue weighted by atomic mass is 35.5. The number of anilines is 11. The lowest BCUT2D eigenvalue weighted by molar-refractivity contribution is 0.0322. The number of carbonyl (C=O) groups excluding carboxylic acids is 8. The molecule has 0 unspecified atom stereocenters. The van der Waals surface area contributed by atoms with Crippen LogP contribution in [0.4, 0.5) is 63.1 Å². The van der Waals surface area contributed by atoms with E-state index in [2.05, 4.69) is 112 Å². The highest BCUT2D eigenvalue weighted by Crippen LogP contribution is 2.37. The number of benzene rings is 4. The van der Waals surface area contributed by atoms with Crippen molar-refractivity contribution in [2.75, 3.05) is 240 Å². The van der Waals surface area contributed by atoms with E-state index in [0.29, 0.717) is 119 Å². The van der Waals surface area contributed by atoms with Crippen molar-refractivity contribution in [1.29, 1.82) is 0 Å². The van der Waals surface area contributed by atoms with Gasteiger partial charge in [0.15, 0.2) is 0 Å². The van der Waals surface area contributed by atoms with E-state index in [0.717, 1.165) is 213 Å². The number of morpholine rings is 2. The summed E-state index contributed by atoms with van der Waals surface area (Å²) in [4.78, 5) is 170. The van der Waals surface area contributed by atoms with Crippen LogP contribution in [0, 0.1) is 0 Å². The van der Waals surface area contributed by atoms with Gasteiger partial charge in [0.1, 0.15) is 64.2 Å². The van der Waals surface area contributed by atoms with Crippen LogP contribution in [0.3, 0.4) is 0 Å². The van der Waals surface area contributed by atoms with Gasteiger partial charge in [-0.2, -0.15) is 0 Å². The first-order chi connectivity index (χ1) is 71.5. The van der Waals surface area contributed by atoms with E-state index in [1.807, 2.05) is 66.7 Å². The van der Waals surface area contributed by atoms with E-state index < -0.39 is 11.9 Å². The Morgan fingerprint density at radius 2 is 0.856 bits per heavy atom. The maximum absolute atomic E-state index is 13.7. The maximum Gasteiger partial charge on any atom is 0.337 e. The minimum atomic E-state index is -0.508. The topological polar surface area (TPSA) is 429 Å². The third-order valence-corrected chi connectivity index (χ3v) is 26.7. The van der Waals surface area contributed by atoms with Crippen LogP contribution in [0.1, 0.15) is 100 Å². The van der Waals surface area contributed by atoms with Crippen LogP contribution >= 0.6 is 11.6 Å². The van der Waals surface area contributed by atoms with Gasteiger partial charge < -0.3 is 81.1 Å². The second-order valence-corrected chi connectivity index (χ2v) is 35.9. The molecule has 0 aliphatic carbocycles. The number of halogens is 1. The van der Waals surface area contributed by atoms with Crippen LogP contribution in [-0.2, 0) is 40.4 Å². The Bertz CT molecular complexity index is 7040. The molecule has 40 nitrogen and oxygen atoms in total. The molecular formula is C105H110ClN27O13. The number of esters is 1. The molecule has 146 heavy (non-hydrogen) atoms. The summed E-state index contributed by atoms with van der Waals surface area (Å²) >= 11 is 6.25. The minimum Gasteiger partial charge on any atom is -0.492 e. The molecule has 0 radical (unpaired) electrons. The monoisotopic (exact) mass is 1990 g/mol. The molecule has 0 saturated carbocycles. The normalized spacial score (nSPS) is 16.2. The average Bonchev–Trinajstić information content (AvgIpc) is 1.67. The summed E-state index contributed by atoms with van der Waals surface area (Å²) in [5.41, 5.74) is 12.2. The number of nitrogens with one attached hydrogen (secondary N) is 8. The zero-order valence-electron chi connectivity index (χ0n) is 80.5. The van der Waals surface area contributed by atoms with Crippen molar-refractivity contribution >= 4 is 133 Å². The number of methoxy groups -OCH3 is 1. The molecule has 13 aromatic rings. The maximum atomic E-state index is 13.7. The Morgan fingerprint density at radius 3 is 1.37 bits per heavy atom. The highest BCUT2D eigenvalue weighted by Gasteiger charge is 2.36. The van der Waals surface area contributed by atoms with Gasteiger partial charge >= 0.3 is 11.7 Å². The van der Waals surface area contributed by atoms with Crippen LogP contribution in [0.5, 0.6) is 5.75 Å². The van der Waals surface area contributed by atoms with E-state index in [-0.39, 0.29) is 63.9 Å². The van der Waals surface area contributed by atoms with Crippen molar-refractivity contribution in [2.24, 2.45) is 0 Å². The second kappa shape index (κ2) is 46.6. The molecular weight excluding hydrogens is 1880 g/mol. The average molecular weight is 1990 g/mol. The second-order valence-electron chi connectivity index (χ2n) is 35.5. The van der Waals surface area contributed by atoms with E-state index in [1.54, 1.807) is 167 Å². The molecule has 0 bridgehead atoms. The number of hydrogen-bond donors (Lipinski definition) is 8. The number of amides is 7. The summed E-state index contributed by atoms with van der Waals surface area (Å²) < 4.78 is 24.9. The molecule has 18 heterocycles. The van der Waals surface area contributed by atoms with E-state index in [4.69, 9.17) is 30.5 Å². The summed E-state index contributed by atoms with van der Waals surface area (Å²) in [7, 11) is 1.29. The molecule has 9 aliphatic rings. The zero-order valence-corrected chi connectivity index (χ0v) is 81.2. The van der Waals surface area contributed by atoms with Gasteiger partial charge in [-0.15, -0.1) is 0 Å². The Hall–Kier alpha value is -15.9. The summed E-state index contributed by atoms with van der Waals surface area (Å²) in [5, 5.41) is 25.5. The van der Waals surface area contributed by atoms with Crippen molar-refractivity contribution in [3.63, 3.8) is 0 Å². The predicted molar refractivity (Wildman–Crippen MR) is 554 cm³/mol. The number of nitrogens with zero attached hydrogens (tertiary/aromatic N) is 19. The van der Waals surface area contributed by atoms with Crippen LogP contribution in [0.25, 0.3) is 16.9 Å². The SMILES string of the molecule is COC(=O)c1ccc2c(c1)C(=O)N(c1cccc(C(=O)Nc3cnccc3N3CCNCC3)n1)C2.O=C(Nc1cc(N2CCNCC2)ccn1)c1cccc(N2Cc3c(Cl)cccc3C2=O)n1.O=C(Nc1cnccc1N1CCNCC1)c1cccc(-n2c(=O)n(CCN3CCOCC3)c3ccccc32)n1.O=C(Nc1cnccc1N1CCNCC1)c1cccc(N2Cc3cc(OCCN4CCOCC4)ccc3C2=O)n1. The van der Waals surface area contributed by atoms with Crippen molar-refractivity contribution in [1.82, 2.24) is 80.1 Å². The largest absolute Gasteiger partial charge is 0.492 e. The van der Waals surface area contributed by atoms with Gasteiger partial charge in [0, 0.05) is 214 Å². The smallest absolute Gasteiger partial charge is 0.337 e. The number of aromatic nitrogens is 10. The van der Waals surface area contributed by atoms with E-state index in [9.17, 15) is 43.2 Å². The highest BCUT2D eigenvalue weighted by molar-refractivity contribution is 6.32. The number of piperazine rings is 4. The molecule has 41 heteroatoms. The van der Waals surface area contributed by atoms with Gasteiger partial charge in [-0.1, -0.05) is 60.1 Å². The Balaban J connectivity index is 0.000000123. The number of ether oxygens (including phenoxy) is 4. The van der Waals surface area contributed by atoms with Gasteiger partial charge in [-0.3, -0.25) is 77.6 Å². The number of imidazole rings is 1. The molecule has 6 fully saturated rings. The Kier molecular flexibility index (Phi) is 31.6. The molecule has 9 aromatic heterocycles. The van der Waals surface area contributed by atoms with Gasteiger partial charge in [0.25, 0.3) is 41.4 Å². The lowest BCUT2D eigenvalue weighted by atomic mass is 10.1. The lowest BCUT2D eigenvalue weighted by Gasteiger charge is -2.30. The van der Waals surface area contributed by atoms with Gasteiger partial charge in [-0.25, -0.2) is 39.1 Å². The molecule has 8 N–H and O–H groups in total. The first kappa shape index (κ1) is 98.8. The van der Waals surface area contributed by atoms with Crippen molar-refractivity contribution in [2.45, 2.75) is 26.2 Å². The summed E-state index contributed by atoms with van der Waals surface area (Å²) in [6, 6.07) is 53.2. The van der Waals surface area contributed by atoms with Crippen molar-refractivity contribution in [3.05, 3.63) is 303 Å². The van der Waals surface area contributed by atoms with Crippen molar-refractivity contribution in [3.8, 4) is 11.6 Å². The van der Waals surface area contributed by atoms with Gasteiger partial charge in [-0.05, 0) is 139 Å². The lowest BCUT2D eigenvalue weighted by Crippen LogP contribution is -2.43. The molecule has 6 saturated heterocycles. The molecule has 0 spiro atoms. The van der Waals surface area contributed by atoms with Crippen LogP contribution in [0.15, 0.2) is 230 Å². The molecule has 0 atom stereocenters. The van der Waals surface area contributed by atoms with Crippen molar-refractivity contribution < 1.29 is 57.3 Å². The number of pyridine rings is 8. The Labute approximate surface area is 845 Å². The number of fused-ring (bicyclic) bond motifs is 4. The third-order valence-electron chi connectivity index (χ3n) is 26.4. The fourth-order valence-electron chi connectivity index (χ4n) is 18.7. The molecule has 9 aliphatic heterocycles. The summed E-state index contributed by atoms with van der Waals surface area (Å²) in [5.74, 6) is 0.156.